The Kier molecular flexibility index (Phi) is 4.66. The van der Waals surface area contributed by atoms with Crippen LogP contribution >= 0.6 is 11.3 Å². The van der Waals surface area contributed by atoms with Gasteiger partial charge in [0, 0.05) is 36.7 Å². The largest absolute Gasteiger partial charge is 0.434 e. The van der Waals surface area contributed by atoms with Gasteiger partial charge in [0.2, 0.25) is 0 Å². The van der Waals surface area contributed by atoms with Gasteiger partial charge >= 0.3 is 6.18 Å². The molecule has 10 heteroatoms. The van der Waals surface area contributed by atoms with Crippen LogP contribution in [-0.4, -0.2) is 28.0 Å². The number of anilines is 1. The van der Waals surface area contributed by atoms with Crippen LogP contribution in [0, 0.1) is 10.1 Å². The van der Waals surface area contributed by atoms with Crippen molar-refractivity contribution in [3.63, 3.8) is 0 Å². The molecule has 0 aliphatic carbocycles. The Morgan fingerprint density at radius 1 is 1.29 bits per heavy atom. The van der Waals surface area contributed by atoms with Crippen LogP contribution in [-0.2, 0) is 6.18 Å². The van der Waals surface area contributed by atoms with Crippen LogP contribution < -0.4 is 4.90 Å². The summed E-state index contributed by atoms with van der Waals surface area (Å²) in [4.78, 5) is 21.0. The number of hydrogen-bond donors (Lipinski definition) is 0. The maximum atomic E-state index is 12.9. The molecule has 2 aromatic heterocycles. The number of nitro groups is 1. The number of nitrogens with zero attached hydrogens (tertiary/aromatic N) is 4. The quantitative estimate of drug-likeness (QED) is 0.450. The van der Waals surface area contributed by atoms with E-state index in [-0.39, 0.29) is 11.6 Å². The van der Waals surface area contributed by atoms with E-state index in [4.69, 9.17) is 0 Å². The predicted molar refractivity (Wildman–Crippen MR) is 99.7 cm³/mol. The lowest BCUT2D eigenvalue weighted by molar-refractivity contribution is -0.383. The highest BCUT2D eigenvalue weighted by atomic mass is 32.1. The lowest BCUT2D eigenvalue weighted by Crippen LogP contribution is -2.34. The van der Waals surface area contributed by atoms with Crippen molar-refractivity contribution in [1.29, 1.82) is 0 Å². The van der Waals surface area contributed by atoms with Gasteiger partial charge in [0.05, 0.1) is 21.0 Å². The van der Waals surface area contributed by atoms with Gasteiger partial charge < -0.3 is 4.90 Å². The highest BCUT2D eigenvalue weighted by Gasteiger charge is 2.35. The fraction of sp³-hybridized carbons (Fsp3) is 0.333. The molecule has 0 N–H and O–H groups in total. The summed E-state index contributed by atoms with van der Waals surface area (Å²) >= 11 is 1.03. The molecular formula is C18H15F3N4O2S. The van der Waals surface area contributed by atoms with E-state index >= 15 is 0 Å². The molecule has 1 aromatic carbocycles. The van der Waals surface area contributed by atoms with E-state index < -0.39 is 16.8 Å². The van der Waals surface area contributed by atoms with Crippen molar-refractivity contribution in [2.75, 3.05) is 18.0 Å². The zero-order chi connectivity index (χ0) is 19.9. The first-order chi connectivity index (χ1) is 13.3. The number of hydrogen-bond acceptors (Lipinski definition) is 6. The van der Waals surface area contributed by atoms with Crippen molar-refractivity contribution < 1.29 is 18.1 Å². The van der Waals surface area contributed by atoms with Crippen molar-refractivity contribution in [2.45, 2.75) is 24.9 Å². The highest BCUT2D eigenvalue weighted by Crippen LogP contribution is 2.38. The molecule has 0 saturated carbocycles. The van der Waals surface area contributed by atoms with Crippen LogP contribution in [0.2, 0.25) is 0 Å². The molecule has 0 spiro atoms. The zero-order valence-corrected chi connectivity index (χ0v) is 15.3. The third-order valence-corrected chi connectivity index (χ3v) is 5.85. The van der Waals surface area contributed by atoms with Gasteiger partial charge in [0.15, 0.2) is 5.69 Å². The average molecular weight is 408 g/mol. The number of piperidine rings is 1. The van der Waals surface area contributed by atoms with E-state index in [1.54, 1.807) is 24.4 Å². The van der Waals surface area contributed by atoms with Gasteiger partial charge in [0.1, 0.15) is 5.52 Å². The molecule has 0 amide bonds. The molecule has 6 nitrogen and oxygen atoms in total. The number of thiazole rings is 1. The van der Waals surface area contributed by atoms with E-state index in [1.807, 2.05) is 4.90 Å². The summed E-state index contributed by atoms with van der Waals surface area (Å²) in [6, 6.07) is 6.42. The van der Waals surface area contributed by atoms with E-state index in [0.717, 1.165) is 35.2 Å². The Bertz CT molecular complexity index is 1040. The van der Waals surface area contributed by atoms with Gasteiger partial charge in [-0.2, -0.15) is 13.2 Å². The SMILES string of the molecule is O=[N+]([O-])c1ccc(N2CCCC(c3nc(C(F)(F)F)cs3)C2)c2ncccc12. The number of halogens is 3. The van der Waals surface area contributed by atoms with Crippen molar-refractivity contribution in [3.8, 4) is 0 Å². The molecule has 0 radical (unpaired) electrons. The second-order valence-electron chi connectivity index (χ2n) is 6.61. The number of non-ortho nitro benzene ring substituents is 1. The third-order valence-electron chi connectivity index (χ3n) is 4.85. The van der Waals surface area contributed by atoms with Crippen LogP contribution in [0.3, 0.4) is 0 Å². The fourth-order valence-electron chi connectivity index (χ4n) is 3.56. The number of nitro benzene ring substituents is 1. The van der Waals surface area contributed by atoms with Crippen LogP contribution in [0.1, 0.15) is 29.5 Å². The van der Waals surface area contributed by atoms with Crippen LogP contribution in [0.4, 0.5) is 24.5 Å². The van der Waals surface area contributed by atoms with Gasteiger partial charge in [-0.1, -0.05) is 0 Å². The van der Waals surface area contributed by atoms with E-state index in [2.05, 4.69) is 9.97 Å². The van der Waals surface area contributed by atoms with Crippen molar-refractivity contribution in [2.24, 2.45) is 0 Å². The van der Waals surface area contributed by atoms with Crippen LogP contribution in [0.5, 0.6) is 0 Å². The number of rotatable bonds is 3. The Morgan fingerprint density at radius 3 is 2.82 bits per heavy atom. The summed E-state index contributed by atoms with van der Waals surface area (Å²) in [5, 5.41) is 13.3. The molecule has 146 valence electrons. The molecule has 3 heterocycles. The minimum Gasteiger partial charge on any atom is -0.369 e. The Morgan fingerprint density at radius 2 is 2.11 bits per heavy atom. The van der Waals surface area contributed by atoms with Gasteiger partial charge in [-0.15, -0.1) is 11.3 Å². The summed E-state index contributed by atoms with van der Waals surface area (Å²) in [6.07, 6.45) is -1.33. The summed E-state index contributed by atoms with van der Waals surface area (Å²) < 4.78 is 38.6. The number of alkyl halides is 3. The van der Waals surface area contributed by atoms with Gasteiger partial charge in [0.25, 0.3) is 5.69 Å². The van der Waals surface area contributed by atoms with Crippen molar-refractivity contribution in [1.82, 2.24) is 9.97 Å². The van der Waals surface area contributed by atoms with Gasteiger partial charge in [-0.05, 0) is 31.0 Å². The monoisotopic (exact) mass is 408 g/mol. The molecule has 1 saturated heterocycles. The Balaban J connectivity index is 1.66. The molecule has 4 rings (SSSR count). The van der Waals surface area contributed by atoms with Gasteiger partial charge in [-0.25, -0.2) is 4.98 Å². The first kappa shape index (κ1) is 18.6. The van der Waals surface area contributed by atoms with E-state index in [1.165, 1.54) is 6.07 Å². The summed E-state index contributed by atoms with van der Waals surface area (Å²) in [7, 11) is 0. The molecular weight excluding hydrogens is 393 g/mol. The molecule has 0 bridgehead atoms. The molecule has 1 aliphatic heterocycles. The first-order valence-electron chi connectivity index (χ1n) is 8.64. The molecule has 1 atom stereocenters. The lowest BCUT2D eigenvalue weighted by Gasteiger charge is -2.34. The predicted octanol–water partition coefficient (Wildman–Crippen LogP) is 5.00. The summed E-state index contributed by atoms with van der Waals surface area (Å²) in [6.45, 7) is 1.20. The minimum absolute atomic E-state index is 0.0184. The molecule has 1 aliphatic rings. The molecule has 1 fully saturated rings. The average Bonchev–Trinajstić information content (AvgIpc) is 3.18. The van der Waals surface area contributed by atoms with Crippen molar-refractivity contribution >= 4 is 33.6 Å². The van der Waals surface area contributed by atoms with Crippen LogP contribution in [0.25, 0.3) is 10.9 Å². The number of aromatic nitrogens is 2. The number of benzene rings is 1. The van der Waals surface area contributed by atoms with E-state index in [0.29, 0.717) is 29.0 Å². The maximum absolute atomic E-state index is 12.9. The van der Waals surface area contributed by atoms with E-state index in [9.17, 15) is 23.3 Å². The standard InChI is InChI=1S/C18H15F3N4O2S/c19-18(20,21)15-10-28-17(23-15)11-3-2-8-24(9-11)14-6-5-13(25(26)27)12-4-1-7-22-16(12)14/h1,4-7,10-11H,2-3,8-9H2. The topological polar surface area (TPSA) is 72.2 Å². The molecule has 28 heavy (non-hydrogen) atoms. The Hall–Kier alpha value is -2.75. The molecule has 1 unspecified atom stereocenters. The second kappa shape index (κ2) is 7.01. The molecule has 3 aromatic rings. The number of fused-ring (bicyclic) bond motifs is 1. The highest BCUT2D eigenvalue weighted by molar-refractivity contribution is 7.09. The second-order valence-corrected chi connectivity index (χ2v) is 7.50. The lowest BCUT2D eigenvalue weighted by atomic mass is 9.97. The van der Waals surface area contributed by atoms with Crippen LogP contribution in [0.15, 0.2) is 35.8 Å². The maximum Gasteiger partial charge on any atom is 0.434 e. The summed E-state index contributed by atoms with van der Waals surface area (Å²) in [5.41, 5.74) is 0.396. The minimum atomic E-state index is -4.44. The normalized spacial score (nSPS) is 17.8. The third kappa shape index (κ3) is 3.39. The fourth-order valence-corrected chi connectivity index (χ4v) is 4.51. The van der Waals surface area contributed by atoms with Crippen molar-refractivity contribution in [3.05, 3.63) is 56.7 Å². The number of pyridine rings is 1. The smallest absolute Gasteiger partial charge is 0.369 e. The van der Waals surface area contributed by atoms with Gasteiger partial charge in [-0.3, -0.25) is 15.1 Å². The summed E-state index contributed by atoms with van der Waals surface area (Å²) in [5.74, 6) is -0.121. The Labute approximate surface area is 161 Å². The zero-order valence-electron chi connectivity index (χ0n) is 14.5. The first-order valence-corrected chi connectivity index (χ1v) is 9.52.